The number of aromatic amines is 1. The van der Waals surface area contributed by atoms with E-state index in [0.717, 1.165) is 30.5 Å². The minimum atomic E-state index is -1.90. The summed E-state index contributed by atoms with van der Waals surface area (Å²) in [4.78, 5) is 162. The Morgan fingerprint density at radius 2 is 1.59 bits per heavy atom. The average molecular weight is 1090 g/mol. The van der Waals surface area contributed by atoms with Gasteiger partial charge in [-0.25, -0.2) is 4.79 Å². The van der Waals surface area contributed by atoms with Crippen LogP contribution in [0, 0.1) is 11.8 Å². The molecule has 416 valence electrons. The molecule has 7 amide bonds. The van der Waals surface area contributed by atoms with Gasteiger partial charge in [0.15, 0.2) is 0 Å². The third kappa shape index (κ3) is 17.5. The van der Waals surface area contributed by atoms with Gasteiger partial charge in [0.1, 0.15) is 55.3 Å². The van der Waals surface area contributed by atoms with Gasteiger partial charge in [0, 0.05) is 56.9 Å². The number of aliphatic hydroxyl groups excluding tert-OH is 1. The molecule has 11 N–H and O–H groups in total. The number of nitrogens with one attached hydrogen (secondary N) is 7. The van der Waals surface area contributed by atoms with Crippen molar-refractivity contribution in [2.75, 3.05) is 38.6 Å². The van der Waals surface area contributed by atoms with E-state index < -0.39 is 171 Å². The number of aliphatic hydroxyl groups is 1. The molecule has 2 aliphatic rings. The van der Waals surface area contributed by atoms with E-state index in [1.54, 1.807) is 19.9 Å². The van der Waals surface area contributed by atoms with Crippen LogP contribution in [-0.4, -0.2) is 178 Å². The van der Waals surface area contributed by atoms with Crippen LogP contribution >= 0.6 is 11.8 Å². The molecule has 76 heavy (non-hydrogen) atoms. The van der Waals surface area contributed by atoms with Crippen LogP contribution < -0.4 is 42.4 Å². The van der Waals surface area contributed by atoms with Crippen LogP contribution in [0.25, 0.3) is 10.9 Å². The van der Waals surface area contributed by atoms with E-state index in [1.807, 2.05) is 0 Å². The molecule has 3 heterocycles. The summed E-state index contributed by atoms with van der Waals surface area (Å²) in [6.45, 7) is 8.76. The summed E-state index contributed by atoms with van der Waals surface area (Å²) in [7, 11) is 0. The number of hydrogen-bond donors (Lipinski definition) is 10. The number of H-pyrrole nitrogens is 1. The Morgan fingerprint density at radius 3 is 2.21 bits per heavy atom. The number of aromatic nitrogens is 1. The molecule has 1 saturated heterocycles. The average Bonchev–Trinajstić information content (AvgIpc) is 3.92. The molecule has 1 aromatic carbocycles. The van der Waals surface area contributed by atoms with E-state index in [1.165, 1.54) is 32.1 Å². The number of carboxylic acid groups (broad SMARTS) is 1. The summed E-state index contributed by atoms with van der Waals surface area (Å²) >= 11 is 0.934. The summed E-state index contributed by atoms with van der Waals surface area (Å²) in [6.07, 6.45) is -2.65. The maximum absolute atomic E-state index is 14.6. The number of carboxylic acids is 1. The fraction of sp³-hybridized carbons (Fsp3) is 0.542. The number of nitrogens with two attached hydrogens (primary N) is 1. The molecular weight excluding hydrogens is 1020 g/mol. The van der Waals surface area contributed by atoms with Crippen molar-refractivity contribution < 1.29 is 86.7 Å². The third-order valence-electron chi connectivity index (χ3n) is 12.2. The monoisotopic (exact) mass is 1090 g/mol. The Hall–Kier alpha value is -7.59. The number of carbonyl (C=O) groups is 12. The Bertz CT molecular complexity index is 2560. The van der Waals surface area contributed by atoms with Gasteiger partial charge in [-0.3, -0.25) is 52.7 Å². The fourth-order valence-corrected chi connectivity index (χ4v) is 9.24. The summed E-state index contributed by atoms with van der Waals surface area (Å²) in [5.74, 6) is -13.4. The number of benzene rings is 1. The lowest BCUT2D eigenvalue weighted by Gasteiger charge is -2.32. The molecule has 4 rings (SSSR count). The van der Waals surface area contributed by atoms with Gasteiger partial charge in [0.2, 0.25) is 41.4 Å². The maximum Gasteiger partial charge on any atom is 0.326 e. The lowest BCUT2D eigenvalue weighted by Crippen LogP contribution is -2.59. The molecule has 0 bridgehead atoms. The van der Waals surface area contributed by atoms with Crippen molar-refractivity contribution in [1.82, 2.24) is 41.8 Å². The Balaban J connectivity index is 1.74. The van der Waals surface area contributed by atoms with E-state index in [0.29, 0.717) is 27.9 Å². The van der Waals surface area contributed by atoms with Crippen molar-refractivity contribution in [1.29, 1.82) is 0 Å². The van der Waals surface area contributed by atoms with Crippen LogP contribution in [0.3, 0.4) is 0 Å². The molecule has 0 aliphatic carbocycles. The number of esters is 4. The van der Waals surface area contributed by atoms with Gasteiger partial charge in [-0.05, 0) is 30.0 Å². The van der Waals surface area contributed by atoms with Crippen molar-refractivity contribution >= 4 is 93.9 Å². The first-order chi connectivity index (χ1) is 35.8. The number of rotatable bonds is 18. The van der Waals surface area contributed by atoms with Crippen molar-refractivity contribution in [2.45, 2.75) is 121 Å². The molecule has 0 unspecified atom stereocenters. The highest BCUT2D eigenvalue weighted by atomic mass is 32.2. The first kappa shape index (κ1) is 61.0. The standard InChI is InChI=1S/C48H65N9O18S/c1-8-12-72-39(64)16-33(47(69)57-19-27(61)13-35(57)44(67)56-41(48(70)71)23(4)36(75-26(7)60)20-73-24(5)58)53-43(66)34-21-76-46-30(29-11-10-28(74-25(6)59)14-32(29)54-46)15-31(49)42(65)50-18-38(63)55-40(22(3)9-2)45(68)51-17-37(62)52-34/h8,10-11,14,22-23,27,31,33-36,40-41,54,61H,1,9,12-13,15-21,49H2,2-7H3,(H,50,65)(H,51,68)(H,52,62)(H,53,66)(H,55,63)(H,56,67)(H,70,71)/t22-,23-,27+,31-,33-,34-,35-,36-,40-,41-/m0/s1. The molecule has 2 aromatic rings. The normalized spacial score (nSPS) is 21.6. The van der Waals surface area contributed by atoms with Gasteiger partial charge < -0.3 is 76.7 Å². The number of amides is 7. The van der Waals surface area contributed by atoms with E-state index in [-0.39, 0.29) is 24.5 Å². The van der Waals surface area contributed by atoms with Crippen LogP contribution in [0.2, 0.25) is 0 Å². The summed E-state index contributed by atoms with van der Waals surface area (Å²) in [5.41, 5.74) is 7.21. The first-order valence-corrected chi connectivity index (χ1v) is 25.1. The summed E-state index contributed by atoms with van der Waals surface area (Å²) < 4.78 is 20.5. The number of carbonyl (C=O) groups excluding carboxylic acids is 11. The molecule has 0 radical (unpaired) electrons. The molecule has 1 aromatic heterocycles. The number of aliphatic carboxylic acids is 1. The zero-order chi connectivity index (χ0) is 56.6. The van der Waals surface area contributed by atoms with Gasteiger partial charge >= 0.3 is 29.8 Å². The number of hydrogen-bond acceptors (Lipinski definition) is 19. The van der Waals surface area contributed by atoms with Crippen molar-refractivity contribution in [3.05, 3.63) is 36.4 Å². The molecule has 2 aliphatic heterocycles. The number of likely N-dealkylation sites (tertiary alicyclic amines) is 1. The highest BCUT2D eigenvalue weighted by Gasteiger charge is 2.45. The number of β-amino-alcohol motifs (C(OH)–C–C–N with tert-alkyl or cyclic N) is 1. The van der Waals surface area contributed by atoms with Gasteiger partial charge in [0.25, 0.3) is 0 Å². The smallest absolute Gasteiger partial charge is 0.326 e. The van der Waals surface area contributed by atoms with Crippen LogP contribution in [-0.2, 0) is 78.2 Å². The lowest BCUT2D eigenvalue weighted by molar-refractivity contribution is -0.163. The second kappa shape index (κ2) is 28.3. The summed E-state index contributed by atoms with van der Waals surface area (Å²) in [6, 6.07) is -4.88. The number of thioether (sulfide) groups is 1. The summed E-state index contributed by atoms with van der Waals surface area (Å²) in [5, 5.41) is 36.6. The van der Waals surface area contributed by atoms with Gasteiger partial charge in [-0.2, -0.15) is 0 Å². The number of nitrogens with zero attached hydrogens (tertiary/aromatic N) is 1. The quantitative estimate of drug-likeness (QED) is 0.0321. The van der Waals surface area contributed by atoms with E-state index >= 15 is 0 Å². The van der Waals surface area contributed by atoms with E-state index in [9.17, 15) is 67.7 Å². The van der Waals surface area contributed by atoms with Crippen LogP contribution in [0.15, 0.2) is 35.9 Å². The first-order valence-electron chi connectivity index (χ1n) is 24.1. The Morgan fingerprint density at radius 1 is 0.921 bits per heavy atom. The SMILES string of the molecule is C=CCOC(=O)C[C@H](NC(=O)[C@@H]1CSc2[nH]c3cc(OC(C)=O)ccc3c2C[C@H](N)C(=O)NCC(=O)N[C@@H]([C@@H](C)CC)C(=O)NCC(=O)N1)C(=O)N1C[C@H](O)C[C@H]1C(=O)N[C@H](C(=O)O)[C@@H](C)[C@H](COC(C)=O)OC(C)=O. The molecule has 28 heteroatoms. The molecule has 27 nitrogen and oxygen atoms in total. The topological polar surface area (TPSA) is 399 Å². The highest BCUT2D eigenvalue weighted by molar-refractivity contribution is 7.99. The Labute approximate surface area is 440 Å². The largest absolute Gasteiger partial charge is 0.480 e. The number of ether oxygens (including phenoxy) is 4. The van der Waals surface area contributed by atoms with E-state index in [4.69, 9.17) is 24.7 Å². The van der Waals surface area contributed by atoms with Crippen molar-refractivity contribution in [3.63, 3.8) is 0 Å². The minimum Gasteiger partial charge on any atom is -0.480 e. The van der Waals surface area contributed by atoms with Crippen LogP contribution in [0.5, 0.6) is 5.75 Å². The lowest BCUT2D eigenvalue weighted by atomic mass is 9.95. The zero-order valence-electron chi connectivity index (χ0n) is 42.7. The van der Waals surface area contributed by atoms with Crippen molar-refractivity contribution in [3.8, 4) is 5.75 Å². The van der Waals surface area contributed by atoms with Crippen molar-refractivity contribution in [2.24, 2.45) is 17.6 Å². The van der Waals surface area contributed by atoms with E-state index in [2.05, 4.69) is 43.5 Å². The molecule has 0 spiro atoms. The fourth-order valence-electron chi connectivity index (χ4n) is 8.12. The van der Waals surface area contributed by atoms with Gasteiger partial charge in [-0.15, -0.1) is 11.8 Å². The molecular formula is C48H65N9O18S. The van der Waals surface area contributed by atoms with Gasteiger partial charge in [-0.1, -0.05) is 39.8 Å². The predicted molar refractivity (Wildman–Crippen MR) is 266 cm³/mol. The highest BCUT2D eigenvalue weighted by Crippen LogP contribution is 2.33. The van der Waals surface area contributed by atoms with Crippen LogP contribution in [0.4, 0.5) is 0 Å². The second-order valence-corrected chi connectivity index (χ2v) is 19.1. The molecule has 10 atom stereocenters. The zero-order valence-corrected chi connectivity index (χ0v) is 43.5. The molecule has 1 fully saturated rings. The minimum absolute atomic E-state index is 0.151. The number of fused-ring (bicyclic) bond motifs is 3. The second-order valence-electron chi connectivity index (χ2n) is 18.1. The molecule has 0 saturated carbocycles. The van der Waals surface area contributed by atoms with Crippen LogP contribution in [0.1, 0.15) is 66.4 Å². The Kier molecular flexibility index (Phi) is 22.7. The maximum atomic E-state index is 14.6. The predicted octanol–water partition coefficient (Wildman–Crippen LogP) is -2.42. The van der Waals surface area contributed by atoms with Gasteiger partial charge in [0.05, 0.1) is 42.2 Å². The third-order valence-corrected chi connectivity index (χ3v) is 13.4.